The Hall–Kier alpha value is -2.16. The van der Waals surface area contributed by atoms with Crippen LogP contribution in [0.15, 0.2) is 6.07 Å². The number of rotatable bonds is 6. The highest BCUT2D eigenvalue weighted by Gasteiger charge is 2.29. The predicted octanol–water partition coefficient (Wildman–Crippen LogP) is 1.04. The fourth-order valence-corrected chi connectivity index (χ4v) is 2.24. The summed E-state index contributed by atoms with van der Waals surface area (Å²) in [6, 6.07) is -1.06. The lowest BCUT2D eigenvalue weighted by Crippen LogP contribution is -2.37. The average Bonchev–Trinajstić information content (AvgIpc) is 2.90. The van der Waals surface area contributed by atoms with Gasteiger partial charge in [-0.3, -0.25) is 9.59 Å². The van der Waals surface area contributed by atoms with Crippen molar-refractivity contribution in [1.29, 1.82) is 0 Å². The second-order valence-corrected chi connectivity index (χ2v) is 5.17. The monoisotopic (exact) mass is 334 g/mol. The Morgan fingerprint density at radius 3 is 2.43 bits per heavy atom. The maximum absolute atomic E-state index is 13.4. The Labute approximate surface area is 128 Å². The molecule has 3 N–H and O–H groups in total. The van der Waals surface area contributed by atoms with Crippen molar-refractivity contribution in [2.24, 2.45) is 11.7 Å². The minimum atomic E-state index is -1.74. The van der Waals surface area contributed by atoms with E-state index in [1.165, 1.54) is 0 Å². The van der Waals surface area contributed by atoms with Gasteiger partial charge in [0.15, 0.2) is 23.2 Å². The van der Waals surface area contributed by atoms with Gasteiger partial charge in [-0.2, -0.15) is 8.78 Å². The lowest BCUT2D eigenvalue weighted by molar-refractivity contribution is -0.124. The lowest BCUT2D eigenvalue weighted by Gasteiger charge is -2.15. The second-order valence-electron chi connectivity index (χ2n) is 5.17. The van der Waals surface area contributed by atoms with Crippen LogP contribution < -0.4 is 15.8 Å². The number of Topliss-reactive ketones (excluding diaryl/α,β-unsaturated/α-hetero) is 1. The van der Waals surface area contributed by atoms with Gasteiger partial charge in [-0.15, -0.1) is 0 Å². The molecule has 0 bridgehead atoms. The van der Waals surface area contributed by atoms with Crippen LogP contribution >= 0.6 is 0 Å². The zero-order chi connectivity index (χ0) is 17.1. The number of halogens is 4. The molecule has 0 saturated carbocycles. The van der Waals surface area contributed by atoms with Crippen LogP contribution in [-0.4, -0.2) is 30.9 Å². The normalized spacial score (nSPS) is 18.7. The highest BCUT2D eigenvalue weighted by molar-refractivity contribution is 5.87. The molecule has 5 nitrogen and oxygen atoms in total. The van der Waals surface area contributed by atoms with Gasteiger partial charge in [0.2, 0.25) is 17.5 Å². The van der Waals surface area contributed by atoms with Crippen molar-refractivity contribution >= 4 is 11.7 Å². The van der Waals surface area contributed by atoms with Crippen LogP contribution in [0.5, 0.6) is 5.75 Å². The number of benzene rings is 1. The van der Waals surface area contributed by atoms with E-state index in [0.29, 0.717) is 13.0 Å². The lowest BCUT2D eigenvalue weighted by atomic mass is 9.97. The number of ether oxygens (including phenoxy) is 1. The summed E-state index contributed by atoms with van der Waals surface area (Å²) >= 11 is 0. The number of nitrogens with one attached hydrogen (secondary N) is 1. The van der Waals surface area contributed by atoms with Gasteiger partial charge in [-0.1, -0.05) is 0 Å². The molecule has 1 aliphatic rings. The maximum atomic E-state index is 13.4. The van der Waals surface area contributed by atoms with E-state index in [9.17, 15) is 27.2 Å². The van der Waals surface area contributed by atoms with Gasteiger partial charge in [0.1, 0.15) is 6.61 Å². The van der Waals surface area contributed by atoms with E-state index >= 15 is 0 Å². The smallest absolute Gasteiger partial charge is 0.223 e. The molecule has 0 spiro atoms. The minimum Gasteiger partial charge on any atom is -0.479 e. The Bertz CT molecular complexity index is 613. The predicted molar refractivity (Wildman–Crippen MR) is 70.5 cm³/mol. The standard InChI is InChI=1S/C14H14F4N2O3/c15-7-4-8(16)12(18)13(11(7)17)23-5-10(21)9(19)3-6-1-2-20-14(6)22/h4,6,9H,1-3,5,19H2,(H,20,22)/t6-,9-/m0/s1. The molecule has 126 valence electrons. The highest BCUT2D eigenvalue weighted by Crippen LogP contribution is 2.26. The summed E-state index contributed by atoms with van der Waals surface area (Å²) in [5.41, 5.74) is 5.61. The molecular formula is C14H14F4N2O3. The molecule has 0 radical (unpaired) electrons. The first-order chi connectivity index (χ1) is 10.8. The van der Waals surface area contributed by atoms with E-state index in [0.717, 1.165) is 0 Å². The minimum absolute atomic E-state index is 0.0315. The second kappa shape index (κ2) is 6.95. The van der Waals surface area contributed by atoms with Crippen molar-refractivity contribution in [3.05, 3.63) is 29.3 Å². The van der Waals surface area contributed by atoms with Crippen molar-refractivity contribution in [2.75, 3.05) is 13.2 Å². The number of amides is 1. The van der Waals surface area contributed by atoms with Crippen LogP contribution in [0.25, 0.3) is 0 Å². The van der Waals surface area contributed by atoms with Crippen LogP contribution in [0, 0.1) is 29.2 Å². The molecule has 1 amide bonds. The first kappa shape index (κ1) is 17.2. The Morgan fingerprint density at radius 2 is 1.91 bits per heavy atom. The summed E-state index contributed by atoms with van der Waals surface area (Å²) in [6.07, 6.45) is 0.579. The highest BCUT2D eigenvalue weighted by atomic mass is 19.2. The molecule has 1 fully saturated rings. The molecule has 2 atom stereocenters. The van der Waals surface area contributed by atoms with E-state index in [-0.39, 0.29) is 18.4 Å². The zero-order valence-electron chi connectivity index (χ0n) is 11.9. The maximum Gasteiger partial charge on any atom is 0.223 e. The van der Waals surface area contributed by atoms with Gasteiger partial charge in [0.25, 0.3) is 0 Å². The Kier molecular flexibility index (Phi) is 5.19. The third kappa shape index (κ3) is 3.79. The van der Waals surface area contributed by atoms with Crippen LogP contribution in [0.4, 0.5) is 17.6 Å². The van der Waals surface area contributed by atoms with E-state index < -0.39 is 53.4 Å². The van der Waals surface area contributed by atoms with Gasteiger partial charge in [0.05, 0.1) is 6.04 Å². The van der Waals surface area contributed by atoms with Crippen LogP contribution in [0.3, 0.4) is 0 Å². The number of carbonyl (C=O) groups is 2. The topological polar surface area (TPSA) is 81.4 Å². The van der Waals surface area contributed by atoms with Gasteiger partial charge < -0.3 is 15.8 Å². The molecule has 23 heavy (non-hydrogen) atoms. The summed E-state index contributed by atoms with van der Waals surface area (Å²) in [4.78, 5) is 23.2. The van der Waals surface area contributed by atoms with Crippen molar-refractivity contribution in [2.45, 2.75) is 18.9 Å². The summed E-state index contributed by atoms with van der Waals surface area (Å²) in [7, 11) is 0. The first-order valence-corrected chi connectivity index (χ1v) is 6.83. The van der Waals surface area contributed by atoms with E-state index in [1.54, 1.807) is 0 Å². The third-order valence-electron chi connectivity index (χ3n) is 3.55. The molecule has 1 aromatic rings. The molecule has 0 aliphatic carbocycles. The van der Waals surface area contributed by atoms with Crippen molar-refractivity contribution < 1.29 is 31.9 Å². The zero-order valence-corrected chi connectivity index (χ0v) is 11.9. The van der Waals surface area contributed by atoms with Gasteiger partial charge in [-0.25, -0.2) is 8.78 Å². The van der Waals surface area contributed by atoms with Gasteiger partial charge in [0, 0.05) is 18.5 Å². The average molecular weight is 334 g/mol. The Morgan fingerprint density at radius 1 is 1.30 bits per heavy atom. The number of hydrogen-bond donors (Lipinski definition) is 2. The molecule has 1 aromatic carbocycles. The van der Waals surface area contributed by atoms with Crippen molar-refractivity contribution in [3.8, 4) is 5.75 Å². The van der Waals surface area contributed by atoms with Crippen LogP contribution in [0.2, 0.25) is 0 Å². The quantitative estimate of drug-likeness (QED) is 0.602. The molecule has 0 unspecified atom stereocenters. The van der Waals surface area contributed by atoms with E-state index in [4.69, 9.17) is 5.73 Å². The number of carbonyl (C=O) groups excluding carboxylic acids is 2. The molecule has 1 saturated heterocycles. The molecule has 1 heterocycles. The van der Waals surface area contributed by atoms with Crippen molar-refractivity contribution in [3.63, 3.8) is 0 Å². The summed E-state index contributed by atoms with van der Waals surface area (Å²) in [5, 5.41) is 2.58. The molecule has 2 rings (SSSR count). The summed E-state index contributed by atoms with van der Waals surface area (Å²) in [6.45, 7) is -0.383. The fourth-order valence-electron chi connectivity index (χ4n) is 2.24. The number of ketones is 1. The van der Waals surface area contributed by atoms with Crippen molar-refractivity contribution in [1.82, 2.24) is 5.32 Å². The molecule has 1 aliphatic heterocycles. The molecule has 0 aromatic heterocycles. The summed E-state index contributed by atoms with van der Waals surface area (Å²) in [5.74, 6) is -9.46. The SMILES string of the molecule is N[C@@H](C[C@@H]1CCNC1=O)C(=O)COc1c(F)c(F)cc(F)c1F. The van der Waals surface area contributed by atoms with E-state index in [1.807, 2.05) is 0 Å². The summed E-state index contributed by atoms with van der Waals surface area (Å²) < 4.78 is 57.3. The largest absolute Gasteiger partial charge is 0.479 e. The third-order valence-corrected chi connectivity index (χ3v) is 3.55. The van der Waals surface area contributed by atoms with Gasteiger partial charge >= 0.3 is 0 Å². The fraction of sp³-hybridized carbons (Fsp3) is 0.429. The molecule has 9 heteroatoms. The first-order valence-electron chi connectivity index (χ1n) is 6.83. The number of hydrogen-bond acceptors (Lipinski definition) is 4. The van der Waals surface area contributed by atoms with E-state index in [2.05, 4.69) is 10.1 Å². The molecular weight excluding hydrogens is 320 g/mol. The Balaban J connectivity index is 1.98. The van der Waals surface area contributed by atoms with Crippen LogP contribution in [-0.2, 0) is 9.59 Å². The number of nitrogens with two attached hydrogens (primary N) is 1. The van der Waals surface area contributed by atoms with Crippen LogP contribution in [0.1, 0.15) is 12.8 Å². The van der Waals surface area contributed by atoms with Gasteiger partial charge in [-0.05, 0) is 12.8 Å².